The molecule has 25 heavy (non-hydrogen) atoms. The smallest absolute Gasteiger partial charge is 0.326 e. The Labute approximate surface area is 155 Å². The number of nitrogens with one attached hydrogen (secondary N) is 2. The molecular formula is C14H25N3O6S2. The highest BCUT2D eigenvalue weighted by Gasteiger charge is 2.36. The number of nitrogens with two attached hydrogens (primary N) is 1. The summed E-state index contributed by atoms with van der Waals surface area (Å²) >= 11 is 5.41. The molecule has 6 N–H and O–H groups in total. The molecule has 9 nitrogen and oxygen atoms in total. The van der Waals surface area contributed by atoms with Gasteiger partial charge in [-0.3, -0.25) is 14.4 Å². The van der Waals surface area contributed by atoms with E-state index in [9.17, 15) is 19.2 Å². The Morgan fingerprint density at radius 3 is 2.28 bits per heavy atom. The number of carboxylic acid groups (broad SMARTS) is 2. The number of hydrogen-bond donors (Lipinski definition) is 6. The first kappa shape index (κ1) is 23.5. The van der Waals surface area contributed by atoms with E-state index in [1.54, 1.807) is 0 Å². The maximum atomic E-state index is 12.3. The number of thiol groups is 1. The van der Waals surface area contributed by atoms with Crippen LogP contribution in [0.4, 0.5) is 0 Å². The molecule has 0 bridgehead atoms. The molecule has 0 rings (SSSR count). The Kier molecular flexibility index (Phi) is 11.3. The van der Waals surface area contributed by atoms with Crippen molar-refractivity contribution < 1.29 is 29.4 Å². The molecule has 0 aromatic heterocycles. The number of unbranched alkanes of at least 4 members (excludes halogenated alkanes) is 1. The molecule has 11 heteroatoms. The van der Waals surface area contributed by atoms with Gasteiger partial charge in [0.15, 0.2) is 5.66 Å². The normalized spacial score (nSPS) is 14.2. The van der Waals surface area contributed by atoms with Crippen LogP contribution in [0.5, 0.6) is 0 Å². The zero-order valence-electron chi connectivity index (χ0n) is 14.0. The molecule has 0 aliphatic carbocycles. The van der Waals surface area contributed by atoms with Gasteiger partial charge in [0.1, 0.15) is 6.04 Å². The first-order valence-corrected chi connectivity index (χ1v) is 9.64. The molecule has 0 fully saturated rings. The summed E-state index contributed by atoms with van der Waals surface area (Å²) in [5, 5.41) is 22.3. The molecular weight excluding hydrogens is 370 g/mol. The molecule has 0 aliphatic rings. The van der Waals surface area contributed by atoms with E-state index >= 15 is 0 Å². The second kappa shape index (κ2) is 12.0. The minimum atomic E-state index is -1.85. The molecule has 0 aromatic rings. The summed E-state index contributed by atoms with van der Waals surface area (Å²) in [7, 11) is 0. The fraction of sp³-hybridized carbons (Fsp3) is 0.714. The van der Waals surface area contributed by atoms with Crippen molar-refractivity contribution in [2.45, 2.75) is 43.8 Å². The van der Waals surface area contributed by atoms with Crippen molar-refractivity contribution >= 4 is 48.1 Å². The number of carboxylic acids is 2. The van der Waals surface area contributed by atoms with Crippen LogP contribution >= 0.6 is 24.4 Å². The van der Waals surface area contributed by atoms with E-state index in [0.29, 0.717) is 18.6 Å². The quantitative estimate of drug-likeness (QED) is 0.140. The third-order valence-electron chi connectivity index (χ3n) is 3.28. The minimum Gasteiger partial charge on any atom is -0.481 e. The molecule has 144 valence electrons. The van der Waals surface area contributed by atoms with Crippen molar-refractivity contribution in [3.8, 4) is 0 Å². The SMILES string of the molecule is CSCC[C@@H](NC(=O)[C@](N)(CS)NC(=O)CCCCC(=O)O)C(=O)O. The second-order valence-electron chi connectivity index (χ2n) is 5.42. The number of carbonyl (C=O) groups excluding carboxylic acids is 2. The molecule has 0 spiro atoms. The number of aliphatic carboxylic acids is 2. The summed E-state index contributed by atoms with van der Waals surface area (Å²) in [4.78, 5) is 45.8. The van der Waals surface area contributed by atoms with Gasteiger partial charge in [0.2, 0.25) is 5.91 Å². The van der Waals surface area contributed by atoms with Gasteiger partial charge in [0.25, 0.3) is 5.91 Å². The van der Waals surface area contributed by atoms with Gasteiger partial charge in [-0.25, -0.2) is 4.79 Å². The molecule has 2 atom stereocenters. The Hall–Kier alpha value is -1.46. The first-order valence-electron chi connectivity index (χ1n) is 7.61. The third kappa shape index (κ3) is 9.56. The van der Waals surface area contributed by atoms with Crippen LogP contribution in [0.1, 0.15) is 32.1 Å². The van der Waals surface area contributed by atoms with Crippen LogP contribution in [0.3, 0.4) is 0 Å². The van der Waals surface area contributed by atoms with Crippen molar-refractivity contribution in [2.24, 2.45) is 5.73 Å². The number of rotatable bonds is 13. The van der Waals surface area contributed by atoms with Crippen LogP contribution in [-0.2, 0) is 19.2 Å². The topological polar surface area (TPSA) is 159 Å². The lowest BCUT2D eigenvalue weighted by Gasteiger charge is -2.29. The van der Waals surface area contributed by atoms with E-state index in [4.69, 9.17) is 15.9 Å². The summed E-state index contributed by atoms with van der Waals surface area (Å²) in [5.74, 6) is -3.21. The van der Waals surface area contributed by atoms with Crippen LogP contribution in [0, 0.1) is 0 Å². The summed E-state index contributed by atoms with van der Waals surface area (Å²) < 4.78 is 0. The lowest BCUT2D eigenvalue weighted by atomic mass is 10.1. The predicted molar refractivity (Wildman–Crippen MR) is 97.6 cm³/mol. The fourth-order valence-corrected chi connectivity index (χ4v) is 2.52. The van der Waals surface area contributed by atoms with Crippen molar-refractivity contribution in [1.29, 1.82) is 0 Å². The highest BCUT2D eigenvalue weighted by Crippen LogP contribution is 2.07. The number of amides is 2. The van der Waals surface area contributed by atoms with Gasteiger partial charge < -0.3 is 26.6 Å². The Bertz CT molecular complexity index is 491. The summed E-state index contributed by atoms with van der Waals surface area (Å²) in [5.41, 5.74) is 4.01. The second-order valence-corrected chi connectivity index (χ2v) is 6.73. The monoisotopic (exact) mass is 395 g/mol. The van der Waals surface area contributed by atoms with Gasteiger partial charge in [0.05, 0.1) is 0 Å². The lowest BCUT2D eigenvalue weighted by molar-refractivity contribution is -0.143. The van der Waals surface area contributed by atoms with Gasteiger partial charge in [-0.2, -0.15) is 24.4 Å². The summed E-state index contributed by atoms with van der Waals surface area (Å²) in [6.07, 6.45) is 2.63. The Balaban J connectivity index is 4.66. The van der Waals surface area contributed by atoms with E-state index in [1.165, 1.54) is 11.8 Å². The minimum absolute atomic E-state index is 0.00210. The van der Waals surface area contributed by atoms with Gasteiger partial charge >= 0.3 is 11.9 Å². The maximum Gasteiger partial charge on any atom is 0.326 e. The largest absolute Gasteiger partial charge is 0.481 e. The van der Waals surface area contributed by atoms with E-state index in [-0.39, 0.29) is 25.0 Å². The maximum absolute atomic E-state index is 12.3. The van der Waals surface area contributed by atoms with Crippen molar-refractivity contribution in [3.63, 3.8) is 0 Å². The number of hydrogen-bond acceptors (Lipinski definition) is 7. The molecule has 0 heterocycles. The van der Waals surface area contributed by atoms with Crippen LogP contribution in [0.25, 0.3) is 0 Å². The standard InChI is InChI=1S/C14H25N3O6S2/c1-25-7-6-9(12(21)22)16-13(23)14(15,8-24)17-10(18)4-2-3-5-11(19)20/h9,24H,2-8,15H2,1H3,(H,16,23)(H,17,18)(H,19,20)(H,21,22)/t9-,14+/m1/s1. The molecule has 2 amide bonds. The van der Waals surface area contributed by atoms with Gasteiger partial charge in [0, 0.05) is 18.6 Å². The van der Waals surface area contributed by atoms with E-state index < -0.39 is 35.5 Å². The van der Waals surface area contributed by atoms with Crippen molar-refractivity contribution in [2.75, 3.05) is 17.8 Å². The van der Waals surface area contributed by atoms with Gasteiger partial charge in [-0.1, -0.05) is 0 Å². The van der Waals surface area contributed by atoms with Crippen LogP contribution in [0.15, 0.2) is 0 Å². The molecule has 0 saturated carbocycles. The van der Waals surface area contributed by atoms with Gasteiger partial charge in [-0.05, 0) is 31.3 Å². The number of thioether (sulfide) groups is 1. The summed E-state index contributed by atoms with van der Waals surface area (Å²) in [6.45, 7) is 0. The number of carbonyl (C=O) groups is 4. The molecule has 0 aliphatic heterocycles. The first-order chi connectivity index (χ1) is 11.7. The molecule has 0 unspecified atom stereocenters. The summed E-state index contributed by atoms with van der Waals surface area (Å²) in [6, 6.07) is -1.12. The van der Waals surface area contributed by atoms with Crippen molar-refractivity contribution in [3.05, 3.63) is 0 Å². The molecule has 0 saturated heterocycles. The van der Waals surface area contributed by atoms with Crippen LogP contribution in [0.2, 0.25) is 0 Å². The zero-order chi connectivity index (χ0) is 19.5. The van der Waals surface area contributed by atoms with Crippen molar-refractivity contribution in [1.82, 2.24) is 10.6 Å². The predicted octanol–water partition coefficient (Wildman–Crippen LogP) is -0.345. The average Bonchev–Trinajstić information content (AvgIpc) is 2.54. The van der Waals surface area contributed by atoms with Crippen LogP contribution in [-0.4, -0.2) is 63.4 Å². The Morgan fingerprint density at radius 2 is 1.80 bits per heavy atom. The van der Waals surface area contributed by atoms with E-state index in [2.05, 4.69) is 23.3 Å². The molecule has 0 aromatic carbocycles. The van der Waals surface area contributed by atoms with E-state index in [1.807, 2.05) is 6.26 Å². The molecule has 0 radical (unpaired) electrons. The zero-order valence-corrected chi connectivity index (χ0v) is 15.7. The van der Waals surface area contributed by atoms with Crippen LogP contribution < -0.4 is 16.4 Å². The highest BCUT2D eigenvalue weighted by atomic mass is 32.2. The lowest BCUT2D eigenvalue weighted by Crippen LogP contribution is -2.68. The van der Waals surface area contributed by atoms with E-state index in [0.717, 1.165) is 0 Å². The third-order valence-corrected chi connectivity index (χ3v) is 4.42. The Morgan fingerprint density at radius 1 is 1.20 bits per heavy atom. The van der Waals surface area contributed by atoms with Gasteiger partial charge in [-0.15, -0.1) is 0 Å². The average molecular weight is 396 g/mol. The highest BCUT2D eigenvalue weighted by molar-refractivity contribution is 7.98. The fourth-order valence-electron chi connectivity index (χ4n) is 1.82.